The number of Topliss-reactive ketones (excluding diaryl/α,β-unsaturated/α-hetero) is 1. The van der Waals surface area contributed by atoms with Gasteiger partial charge < -0.3 is 0 Å². The highest BCUT2D eigenvalue weighted by Gasteiger charge is 2.09. The Labute approximate surface area is 70.7 Å². The average Bonchev–Trinajstić information content (AvgIpc) is 2.04. The molecule has 0 aromatic rings. The van der Waals surface area contributed by atoms with Crippen molar-refractivity contribution in [3.05, 3.63) is 5.75 Å². The highest BCUT2D eigenvalue weighted by Crippen LogP contribution is 2.18. The summed E-state index contributed by atoms with van der Waals surface area (Å²) in [6, 6.07) is 0. The molecule has 0 aromatic heterocycles. The fraction of sp³-hybridized carbons (Fsp3) is 0.625. The first-order valence-corrected chi connectivity index (χ1v) is 4.70. The van der Waals surface area contributed by atoms with Crippen molar-refractivity contribution < 1.29 is 9.59 Å². The topological polar surface area (TPSA) is 34.1 Å². The van der Waals surface area contributed by atoms with Gasteiger partial charge in [0.25, 0.3) is 0 Å². The predicted molar refractivity (Wildman–Crippen MR) is 45.0 cm³/mol. The van der Waals surface area contributed by atoms with Gasteiger partial charge in [-0.15, -0.1) is 0 Å². The van der Waals surface area contributed by atoms with Crippen molar-refractivity contribution in [2.24, 2.45) is 0 Å². The van der Waals surface area contributed by atoms with Crippen LogP contribution in [0.5, 0.6) is 0 Å². The van der Waals surface area contributed by atoms with Crippen molar-refractivity contribution in [1.82, 2.24) is 0 Å². The molecular weight excluding hydrogens is 160 g/mol. The second kappa shape index (κ2) is 4.54. The van der Waals surface area contributed by atoms with Crippen LogP contribution in [0.1, 0.15) is 32.1 Å². The summed E-state index contributed by atoms with van der Waals surface area (Å²) in [7, 11) is 0. The van der Waals surface area contributed by atoms with Gasteiger partial charge in [0.05, 0.1) is 0 Å². The van der Waals surface area contributed by atoms with Gasteiger partial charge in [0.15, 0.2) is 5.12 Å². The molecule has 0 aliphatic carbocycles. The van der Waals surface area contributed by atoms with E-state index in [9.17, 15) is 9.59 Å². The molecule has 1 aliphatic heterocycles. The van der Waals surface area contributed by atoms with Crippen LogP contribution >= 0.6 is 11.8 Å². The van der Waals surface area contributed by atoms with E-state index in [0.29, 0.717) is 19.3 Å². The molecule has 1 fully saturated rings. The van der Waals surface area contributed by atoms with E-state index in [-0.39, 0.29) is 10.9 Å². The van der Waals surface area contributed by atoms with Gasteiger partial charge in [0.1, 0.15) is 5.78 Å². The summed E-state index contributed by atoms with van der Waals surface area (Å²) < 4.78 is 0. The molecule has 0 bridgehead atoms. The summed E-state index contributed by atoms with van der Waals surface area (Å²) in [4.78, 5) is 21.9. The van der Waals surface area contributed by atoms with Gasteiger partial charge in [-0.05, 0) is 12.8 Å². The number of ketones is 1. The largest absolute Gasteiger partial charge is 0.300 e. The Bertz CT molecular complexity index is 147. The van der Waals surface area contributed by atoms with Crippen LogP contribution in [0.2, 0.25) is 0 Å². The van der Waals surface area contributed by atoms with Crippen LogP contribution in [0.15, 0.2) is 0 Å². The first-order chi connectivity index (χ1) is 5.29. The standard InChI is InChI=1S/C8H11O2S/c9-7-3-1-2-4-8(10)11-6-5-7/h6H,1-5H2. The molecule has 3 heteroatoms. The van der Waals surface area contributed by atoms with Crippen molar-refractivity contribution >= 4 is 22.7 Å². The molecule has 2 nitrogen and oxygen atoms in total. The molecule has 61 valence electrons. The lowest BCUT2D eigenvalue weighted by molar-refractivity contribution is -0.118. The maximum atomic E-state index is 10.9. The Morgan fingerprint density at radius 1 is 1.18 bits per heavy atom. The Kier molecular flexibility index (Phi) is 3.63. The zero-order chi connectivity index (χ0) is 8.10. The fourth-order valence-corrected chi connectivity index (χ4v) is 1.70. The lowest BCUT2D eigenvalue weighted by atomic mass is 10.1. The van der Waals surface area contributed by atoms with Gasteiger partial charge in [0.2, 0.25) is 0 Å². The SMILES string of the molecule is O=C1C[CH]SC(=O)CCCC1. The molecule has 0 aromatic carbocycles. The zero-order valence-corrected chi connectivity index (χ0v) is 7.15. The molecule has 1 radical (unpaired) electrons. The quantitative estimate of drug-likeness (QED) is 0.558. The van der Waals surface area contributed by atoms with Crippen LogP contribution in [0.4, 0.5) is 0 Å². The van der Waals surface area contributed by atoms with Crippen molar-refractivity contribution in [1.29, 1.82) is 0 Å². The van der Waals surface area contributed by atoms with Gasteiger partial charge in [-0.2, -0.15) is 0 Å². The Balaban J connectivity index is 2.35. The Hall–Kier alpha value is -0.310. The third-order valence-electron chi connectivity index (χ3n) is 1.61. The number of thioether (sulfide) groups is 1. The maximum Gasteiger partial charge on any atom is 0.189 e. The zero-order valence-electron chi connectivity index (χ0n) is 6.34. The first-order valence-electron chi connectivity index (χ1n) is 3.82. The Morgan fingerprint density at radius 2 is 1.91 bits per heavy atom. The summed E-state index contributed by atoms with van der Waals surface area (Å²) in [5.41, 5.74) is 0. The van der Waals surface area contributed by atoms with Gasteiger partial charge in [-0.25, -0.2) is 0 Å². The lowest BCUT2D eigenvalue weighted by Gasteiger charge is -1.92. The minimum Gasteiger partial charge on any atom is -0.300 e. The van der Waals surface area contributed by atoms with E-state index in [1.807, 2.05) is 0 Å². The van der Waals surface area contributed by atoms with Crippen LogP contribution in [0.3, 0.4) is 0 Å². The molecule has 0 saturated carbocycles. The van der Waals surface area contributed by atoms with Crippen LogP contribution in [0.25, 0.3) is 0 Å². The molecule has 0 N–H and O–H groups in total. The summed E-state index contributed by atoms with van der Waals surface area (Å²) in [5.74, 6) is 1.97. The van der Waals surface area contributed by atoms with Gasteiger partial charge in [0, 0.05) is 25.0 Å². The van der Waals surface area contributed by atoms with E-state index < -0.39 is 0 Å². The maximum absolute atomic E-state index is 10.9. The average molecular weight is 171 g/mol. The number of hydrogen-bond donors (Lipinski definition) is 0. The van der Waals surface area contributed by atoms with Crippen molar-refractivity contribution in [3.8, 4) is 0 Å². The van der Waals surface area contributed by atoms with E-state index in [0.717, 1.165) is 12.8 Å². The van der Waals surface area contributed by atoms with Crippen LogP contribution < -0.4 is 0 Å². The smallest absolute Gasteiger partial charge is 0.189 e. The minimum atomic E-state index is 0.194. The summed E-state index contributed by atoms with van der Waals surface area (Å²) in [6.45, 7) is 0. The van der Waals surface area contributed by atoms with Crippen molar-refractivity contribution in [2.45, 2.75) is 32.1 Å². The van der Waals surface area contributed by atoms with Crippen LogP contribution in [0, 0.1) is 5.75 Å². The van der Waals surface area contributed by atoms with Crippen LogP contribution in [-0.4, -0.2) is 10.9 Å². The number of carbonyl (C=O) groups excluding carboxylic acids is 2. The van der Waals surface area contributed by atoms with Crippen molar-refractivity contribution in [3.63, 3.8) is 0 Å². The summed E-state index contributed by atoms with van der Waals surface area (Å²) in [5, 5.41) is 0.194. The van der Waals surface area contributed by atoms with Gasteiger partial charge in [-0.3, -0.25) is 9.59 Å². The summed E-state index contributed by atoms with van der Waals surface area (Å²) >= 11 is 1.18. The molecule has 1 rings (SSSR count). The third kappa shape index (κ3) is 3.56. The highest BCUT2D eigenvalue weighted by molar-refractivity contribution is 8.15. The highest BCUT2D eigenvalue weighted by atomic mass is 32.2. The first kappa shape index (κ1) is 8.78. The van der Waals surface area contributed by atoms with Gasteiger partial charge >= 0.3 is 0 Å². The molecule has 0 atom stereocenters. The molecule has 1 aliphatic rings. The van der Waals surface area contributed by atoms with E-state index in [1.54, 1.807) is 5.75 Å². The molecular formula is C8H11O2S. The molecule has 1 heterocycles. The van der Waals surface area contributed by atoms with Crippen LogP contribution in [-0.2, 0) is 9.59 Å². The van der Waals surface area contributed by atoms with Gasteiger partial charge in [-0.1, -0.05) is 11.8 Å². The molecule has 0 unspecified atom stereocenters. The second-order valence-electron chi connectivity index (χ2n) is 2.61. The molecule has 11 heavy (non-hydrogen) atoms. The van der Waals surface area contributed by atoms with E-state index >= 15 is 0 Å². The normalized spacial score (nSPS) is 22.2. The predicted octanol–water partition coefficient (Wildman–Crippen LogP) is 1.94. The minimum absolute atomic E-state index is 0.194. The van der Waals surface area contributed by atoms with E-state index in [2.05, 4.69) is 0 Å². The summed E-state index contributed by atoms with van der Waals surface area (Å²) in [6.07, 6.45) is 3.46. The fourth-order valence-electron chi connectivity index (χ4n) is 0.980. The monoisotopic (exact) mass is 171 g/mol. The lowest BCUT2D eigenvalue weighted by Crippen LogP contribution is -1.94. The number of rotatable bonds is 0. The van der Waals surface area contributed by atoms with Crippen molar-refractivity contribution in [2.75, 3.05) is 0 Å². The van der Waals surface area contributed by atoms with E-state index in [1.165, 1.54) is 11.8 Å². The third-order valence-corrected chi connectivity index (χ3v) is 2.41. The van der Waals surface area contributed by atoms with E-state index in [4.69, 9.17) is 0 Å². The molecule has 0 spiro atoms. The Morgan fingerprint density at radius 3 is 2.73 bits per heavy atom. The molecule has 0 amide bonds. The second-order valence-corrected chi connectivity index (χ2v) is 3.63. The number of carbonyl (C=O) groups is 2. The molecule has 1 saturated heterocycles. The number of hydrogen-bond acceptors (Lipinski definition) is 3.